The fraction of sp³-hybridized carbons (Fsp3) is 0.500. The van der Waals surface area contributed by atoms with Crippen molar-refractivity contribution in [1.82, 2.24) is 15.1 Å². The first-order chi connectivity index (χ1) is 13.6. The van der Waals surface area contributed by atoms with E-state index >= 15 is 0 Å². The number of hydrogen-bond donors (Lipinski definition) is 3. The molecule has 2 unspecified atom stereocenters. The number of phenolic OH excluding ortho intramolecular Hbond substituents is 1. The van der Waals surface area contributed by atoms with Crippen molar-refractivity contribution in [3.05, 3.63) is 41.0 Å². The second-order valence-electron chi connectivity index (χ2n) is 7.53. The van der Waals surface area contributed by atoms with E-state index in [0.29, 0.717) is 23.7 Å². The van der Waals surface area contributed by atoms with Gasteiger partial charge >= 0.3 is 0 Å². The lowest BCUT2D eigenvalue weighted by atomic mass is 10.1. The van der Waals surface area contributed by atoms with Crippen molar-refractivity contribution in [2.45, 2.75) is 52.4 Å². The highest BCUT2D eigenvalue weighted by Gasteiger charge is 2.45. The summed E-state index contributed by atoms with van der Waals surface area (Å²) in [5.74, 6) is 1.11. The first-order valence-electron chi connectivity index (χ1n) is 9.62. The Morgan fingerprint density at radius 2 is 2.07 bits per heavy atom. The quantitative estimate of drug-likeness (QED) is 0.605. The van der Waals surface area contributed by atoms with E-state index in [9.17, 15) is 9.67 Å². The minimum atomic E-state index is -3.23. The molecule has 29 heavy (non-hydrogen) atoms. The predicted octanol–water partition coefficient (Wildman–Crippen LogP) is 3.86. The van der Waals surface area contributed by atoms with Crippen molar-refractivity contribution in [1.29, 1.82) is 0 Å². The van der Waals surface area contributed by atoms with Gasteiger partial charge in [-0.3, -0.25) is 4.57 Å². The maximum Gasteiger partial charge on any atom is 0.279 e. The van der Waals surface area contributed by atoms with Crippen LogP contribution >= 0.6 is 7.52 Å². The highest BCUT2D eigenvalue weighted by atomic mass is 31.2. The number of methoxy groups -OCH3 is 1. The molecule has 3 N–H and O–H groups in total. The molecular weight excluding hydrogens is 391 g/mol. The lowest BCUT2D eigenvalue weighted by molar-refractivity contribution is 0.235. The molecular formula is C20H29N4O4P. The van der Waals surface area contributed by atoms with Crippen molar-refractivity contribution >= 4 is 13.2 Å². The molecule has 0 aliphatic carbocycles. The van der Waals surface area contributed by atoms with Gasteiger partial charge in [0.1, 0.15) is 5.82 Å². The zero-order chi connectivity index (χ0) is 21.3. The van der Waals surface area contributed by atoms with Crippen molar-refractivity contribution in [2.75, 3.05) is 19.0 Å². The third-order valence-electron chi connectivity index (χ3n) is 5.30. The molecule has 1 aliphatic rings. The van der Waals surface area contributed by atoms with E-state index < -0.39 is 13.2 Å². The molecule has 9 heteroatoms. The molecule has 0 spiro atoms. The monoisotopic (exact) mass is 420 g/mol. The van der Waals surface area contributed by atoms with Crippen LogP contribution in [0.25, 0.3) is 0 Å². The Kier molecular flexibility index (Phi) is 6.17. The summed E-state index contributed by atoms with van der Waals surface area (Å²) in [5.41, 5.74) is 2.49. The topological polar surface area (TPSA) is 106 Å². The third kappa shape index (κ3) is 4.39. The predicted molar refractivity (Wildman–Crippen MR) is 113 cm³/mol. The summed E-state index contributed by atoms with van der Waals surface area (Å²) in [6.45, 7) is 9.72. The van der Waals surface area contributed by atoms with E-state index in [-0.39, 0.29) is 17.9 Å². The van der Waals surface area contributed by atoms with Crippen LogP contribution in [0.4, 0.5) is 5.69 Å². The van der Waals surface area contributed by atoms with Crippen molar-refractivity contribution < 1.29 is 18.9 Å². The molecule has 1 aromatic carbocycles. The number of aryl methyl sites for hydroxylation is 3. The number of nitrogens with zero attached hydrogens (tertiary/aromatic N) is 2. The first kappa shape index (κ1) is 21.6. The number of aromatic nitrogens is 2. The number of rotatable bonds is 6. The average molecular weight is 420 g/mol. The molecule has 2 aromatic rings. The molecule has 1 saturated heterocycles. The smallest absolute Gasteiger partial charge is 0.279 e. The average Bonchev–Trinajstić information content (AvgIpc) is 2.92. The highest BCUT2D eigenvalue weighted by molar-refractivity contribution is 7.57. The van der Waals surface area contributed by atoms with Crippen LogP contribution in [0.5, 0.6) is 11.5 Å². The molecule has 158 valence electrons. The minimum absolute atomic E-state index is 0.0344. The number of anilines is 1. The van der Waals surface area contributed by atoms with Crippen LogP contribution in [0.2, 0.25) is 0 Å². The number of ether oxygens (including phenoxy) is 1. The van der Waals surface area contributed by atoms with Crippen LogP contribution in [0.1, 0.15) is 42.2 Å². The Hall–Kier alpha value is -2.15. The van der Waals surface area contributed by atoms with Crippen molar-refractivity contribution in [2.24, 2.45) is 0 Å². The second kappa shape index (κ2) is 8.30. The van der Waals surface area contributed by atoms with E-state index in [1.165, 1.54) is 7.11 Å². The Morgan fingerprint density at radius 3 is 2.66 bits per heavy atom. The summed E-state index contributed by atoms with van der Waals surface area (Å²) in [6, 6.07) is 3.50. The van der Waals surface area contributed by atoms with Gasteiger partial charge in [-0.05, 0) is 51.8 Å². The van der Waals surface area contributed by atoms with E-state index in [0.717, 1.165) is 16.9 Å². The normalized spacial score (nSPS) is 25.0. The molecule has 0 bridgehead atoms. The van der Waals surface area contributed by atoms with E-state index in [4.69, 9.17) is 9.26 Å². The van der Waals surface area contributed by atoms with Gasteiger partial charge in [-0.2, -0.15) is 0 Å². The molecule has 1 aliphatic heterocycles. The molecule has 0 radical (unpaired) electrons. The number of hydrogen-bond acceptors (Lipinski definition) is 7. The zero-order valence-corrected chi connectivity index (χ0v) is 18.6. The van der Waals surface area contributed by atoms with Gasteiger partial charge in [0, 0.05) is 12.6 Å². The molecule has 3 rings (SSSR count). The third-order valence-corrected chi connectivity index (χ3v) is 8.01. The molecule has 1 fully saturated rings. The van der Waals surface area contributed by atoms with Crippen LogP contribution in [0.3, 0.4) is 0 Å². The zero-order valence-electron chi connectivity index (χ0n) is 17.7. The van der Waals surface area contributed by atoms with Gasteiger partial charge in [0.25, 0.3) is 7.52 Å². The number of benzene rings is 1. The van der Waals surface area contributed by atoms with Gasteiger partial charge in [0.05, 0.1) is 36.5 Å². The second-order valence-corrected chi connectivity index (χ2v) is 9.81. The molecule has 2 heterocycles. The van der Waals surface area contributed by atoms with Gasteiger partial charge in [0.15, 0.2) is 11.5 Å². The molecule has 4 atom stereocenters. The van der Waals surface area contributed by atoms with Crippen LogP contribution in [-0.2, 0) is 9.09 Å². The molecule has 0 amide bonds. The summed E-state index contributed by atoms with van der Waals surface area (Å²) in [5, 5.41) is 16.7. The summed E-state index contributed by atoms with van der Waals surface area (Å²) in [4.78, 5) is 8.61. The fourth-order valence-electron chi connectivity index (χ4n) is 3.44. The summed E-state index contributed by atoms with van der Waals surface area (Å²) < 4.78 is 25.0. The fourth-order valence-corrected chi connectivity index (χ4v) is 6.16. The van der Waals surface area contributed by atoms with Crippen LogP contribution in [0.15, 0.2) is 18.3 Å². The van der Waals surface area contributed by atoms with E-state index in [1.54, 1.807) is 19.2 Å². The largest absolute Gasteiger partial charge is 0.504 e. The van der Waals surface area contributed by atoms with Crippen molar-refractivity contribution in [3.63, 3.8) is 0 Å². The van der Waals surface area contributed by atoms with E-state index in [1.807, 2.05) is 33.8 Å². The standard InChI is InChI=1S/C20H29N4O4P/c1-11-7-16(8-18(27-6)20(11)25)19(29(26)24-12(2)14(4)28-29)10-22-17-9-21-15(5)23-13(17)3/h7-9,12,14,19,22,25H,10H2,1-6H3,(H,24,26)/t12-,14-,19?,29?/m0/s1. The molecule has 0 saturated carbocycles. The maximum atomic E-state index is 13.8. The number of phenols is 1. The summed E-state index contributed by atoms with van der Waals surface area (Å²) in [7, 11) is -1.74. The van der Waals surface area contributed by atoms with Crippen LogP contribution in [-0.4, -0.2) is 40.9 Å². The summed E-state index contributed by atoms with van der Waals surface area (Å²) >= 11 is 0. The number of nitrogens with one attached hydrogen (secondary N) is 2. The molecule has 8 nitrogen and oxygen atoms in total. The van der Waals surface area contributed by atoms with E-state index in [2.05, 4.69) is 20.4 Å². The SMILES string of the molecule is COc1cc(C(CNc2cnc(C)nc2C)P2(=O)N[C@@H](C)[C@H](C)O2)cc(C)c1O. The van der Waals surface area contributed by atoms with Gasteiger partial charge < -0.3 is 19.7 Å². The van der Waals surface area contributed by atoms with Gasteiger partial charge in [-0.1, -0.05) is 6.07 Å². The Morgan fingerprint density at radius 1 is 1.34 bits per heavy atom. The van der Waals surface area contributed by atoms with Crippen LogP contribution in [0, 0.1) is 20.8 Å². The van der Waals surface area contributed by atoms with Crippen LogP contribution < -0.4 is 15.1 Å². The van der Waals surface area contributed by atoms with Gasteiger partial charge in [-0.15, -0.1) is 0 Å². The van der Waals surface area contributed by atoms with Crippen molar-refractivity contribution in [3.8, 4) is 11.5 Å². The lowest BCUT2D eigenvalue weighted by Gasteiger charge is -2.26. The van der Waals surface area contributed by atoms with Gasteiger partial charge in [-0.25, -0.2) is 15.1 Å². The Labute approximate surface area is 171 Å². The number of aromatic hydroxyl groups is 1. The van der Waals surface area contributed by atoms with Gasteiger partial charge in [0.2, 0.25) is 0 Å². The Balaban J connectivity index is 1.99. The minimum Gasteiger partial charge on any atom is -0.504 e. The highest BCUT2D eigenvalue weighted by Crippen LogP contribution is 2.61. The maximum absolute atomic E-state index is 13.8. The summed E-state index contributed by atoms with van der Waals surface area (Å²) in [6.07, 6.45) is 1.55. The first-order valence-corrected chi connectivity index (χ1v) is 11.3. The molecule has 1 aromatic heterocycles. The lowest BCUT2D eigenvalue weighted by Crippen LogP contribution is -2.25. The Bertz CT molecular complexity index is 938.